The Balaban J connectivity index is 1.53. The number of carbonyl (C=O) groups excluding carboxylic acids is 1. The molecule has 3 aromatic rings. The third-order valence-corrected chi connectivity index (χ3v) is 3.75. The lowest BCUT2D eigenvalue weighted by Crippen LogP contribution is -2.14. The highest BCUT2D eigenvalue weighted by atomic mass is 16.5. The Morgan fingerprint density at radius 3 is 2.62 bits per heavy atom. The van der Waals surface area contributed by atoms with E-state index in [0.717, 1.165) is 35.4 Å². The highest BCUT2D eigenvalue weighted by molar-refractivity contribution is 5.90. The molecule has 0 spiro atoms. The summed E-state index contributed by atoms with van der Waals surface area (Å²) in [6.07, 6.45) is 2.93. The van der Waals surface area contributed by atoms with Gasteiger partial charge in [-0.2, -0.15) is 0 Å². The van der Waals surface area contributed by atoms with E-state index in [1.807, 2.05) is 36.4 Å². The van der Waals surface area contributed by atoms with Crippen LogP contribution in [0.2, 0.25) is 0 Å². The van der Waals surface area contributed by atoms with Crippen LogP contribution >= 0.6 is 0 Å². The number of aromatic nitrogens is 1. The number of benzene rings is 2. The van der Waals surface area contributed by atoms with Crippen molar-refractivity contribution < 1.29 is 10.0 Å². The summed E-state index contributed by atoms with van der Waals surface area (Å²) in [6, 6.07) is 18.3. The molecule has 5 nitrogen and oxygen atoms in total. The number of para-hydroxylation sites is 1. The molecule has 1 amide bonds. The number of amides is 1. The van der Waals surface area contributed by atoms with Crippen LogP contribution in [0.25, 0.3) is 17.0 Å². The van der Waals surface area contributed by atoms with Crippen LogP contribution in [0.15, 0.2) is 60.7 Å². The van der Waals surface area contributed by atoms with Gasteiger partial charge in [-0.15, -0.1) is 0 Å². The molecule has 0 radical (unpaired) electrons. The zero-order chi connectivity index (χ0) is 16.8. The fourth-order valence-electron chi connectivity index (χ4n) is 2.53. The van der Waals surface area contributed by atoms with Gasteiger partial charge in [0.2, 0.25) is 0 Å². The minimum Gasteiger partial charge on any atom is -0.357 e. The number of nitrogens with one attached hydrogen (secondary N) is 3. The number of fused-ring (bicyclic) bond motifs is 1. The van der Waals surface area contributed by atoms with Gasteiger partial charge in [-0.25, -0.2) is 5.48 Å². The molecular weight excluding hydrogens is 302 g/mol. The normalized spacial score (nSPS) is 11.2. The largest absolute Gasteiger partial charge is 0.357 e. The molecule has 0 aliphatic rings. The molecule has 3 rings (SSSR count). The Morgan fingerprint density at radius 1 is 1.08 bits per heavy atom. The Bertz CT molecular complexity index is 817. The maximum absolute atomic E-state index is 10.9. The predicted octanol–water partition coefficient (Wildman–Crippen LogP) is 2.98. The summed E-state index contributed by atoms with van der Waals surface area (Å²) >= 11 is 0. The molecule has 0 saturated heterocycles. The summed E-state index contributed by atoms with van der Waals surface area (Å²) in [7, 11) is 0. The van der Waals surface area contributed by atoms with Crippen LogP contribution in [0.5, 0.6) is 0 Å². The van der Waals surface area contributed by atoms with Crippen molar-refractivity contribution in [3.05, 3.63) is 77.5 Å². The van der Waals surface area contributed by atoms with Gasteiger partial charge in [-0.05, 0) is 34.7 Å². The van der Waals surface area contributed by atoms with E-state index >= 15 is 0 Å². The van der Waals surface area contributed by atoms with E-state index in [-0.39, 0.29) is 0 Å². The van der Waals surface area contributed by atoms with Gasteiger partial charge < -0.3 is 10.3 Å². The van der Waals surface area contributed by atoms with Gasteiger partial charge in [-0.3, -0.25) is 10.0 Å². The summed E-state index contributed by atoms with van der Waals surface area (Å²) < 4.78 is 0. The maximum atomic E-state index is 10.9. The third kappa shape index (κ3) is 4.10. The summed E-state index contributed by atoms with van der Waals surface area (Å²) in [6.45, 7) is 1.53. The summed E-state index contributed by atoms with van der Waals surface area (Å²) in [5.41, 5.74) is 5.93. The van der Waals surface area contributed by atoms with E-state index in [1.165, 1.54) is 11.5 Å². The fraction of sp³-hybridized carbons (Fsp3) is 0.105. The van der Waals surface area contributed by atoms with Gasteiger partial charge in [0.25, 0.3) is 5.91 Å². The molecule has 0 aliphatic heterocycles. The molecule has 24 heavy (non-hydrogen) atoms. The maximum Gasteiger partial charge on any atom is 0.267 e. The number of aromatic amines is 1. The first kappa shape index (κ1) is 16.0. The first-order valence-corrected chi connectivity index (χ1v) is 7.73. The topological polar surface area (TPSA) is 77.2 Å². The number of hydrogen-bond acceptors (Lipinski definition) is 3. The molecular formula is C19H19N3O2. The van der Waals surface area contributed by atoms with Crippen LogP contribution in [-0.4, -0.2) is 16.1 Å². The number of carbonyl (C=O) groups is 1. The lowest BCUT2D eigenvalue weighted by atomic mass is 10.1. The second-order valence-electron chi connectivity index (χ2n) is 5.54. The average molecular weight is 321 g/mol. The Hall–Kier alpha value is -2.89. The van der Waals surface area contributed by atoms with Gasteiger partial charge in [0, 0.05) is 30.4 Å². The zero-order valence-electron chi connectivity index (χ0n) is 13.1. The quantitative estimate of drug-likeness (QED) is 0.320. The Kier molecular flexibility index (Phi) is 5.05. The second kappa shape index (κ2) is 7.59. The predicted molar refractivity (Wildman–Crippen MR) is 94.2 cm³/mol. The molecule has 4 N–H and O–H groups in total. The molecule has 0 saturated carbocycles. The first-order valence-electron chi connectivity index (χ1n) is 7.73. The van der Waals surface area contributed by atoms with E-state index < -0.39 is 5.91 Å². The van der Waals surface area contributed by atoms with Crippen LogP contribution < -0.4 is 10.8 Å². The van der Waals surface area contributed by atoms with Gasteiger partial charge in [0.05, 0.1) is 0 Å². The van der Waals surface area contributed by atoms with Crippen LogP contribution in [0.4, 0.5) is 0 Å². The van der Waals surface area contributed by atoms with Crippen molar-refractivity contribution in [2.75, 3.05) is 0 Å². The Labute approximate surface area is 140 Å². The molecule has 1 aromatic heterocycles. The second-order valence-corrected chi connectivity index (χ2v) is 5.54. The third-order valence-electron chi connectivity index (χ3n) is 3.75. The van der Waals surface area contributed by atoms with Crippen LogP contribution in [0.1, 0.15) is 16.8 Å². The fourth-order valence-corrected chi connectivity index (χ4v) is 2.53. The smallest absolute Gasteiger partial charge is 0.267 e. The van der Waals surface area contributed by atoms with Gasteiger partial charge in [0.15, 0.2) is 0 Å². The van der Waals surface area contributed by atoms with Gasteiger partial charge >= 0.3 is 0 Å². The monoisotopic (exact) mass is 321 g/mol. The van der Waals surface area contributed by atoms with E-state index in [1.54, 1.807) is 11.6 Å². The van der Waals surface area contributed by atoms with E-state index in [4.69, 9.17) is 5.21 Å². The summed E-state index contributed by atoms with van der Waals surface area (Å²) in [4.78, 5) is 14.3. The van der Waals surface area contributed by atoms with Gasteiger partial charge in [-0.1, -0.05) is 42.5 Å². The minimum atomic E-state index is -0.543. The minimum absolute atomic E-state index is 0.543. The van der Waals surface area contributed by atoms with Crippen LogP contribution in [0.3, 0.4) is 0 Å². The molecule has 0 fully saturated rings. The molecule has 0 aliphatic carbocycles. The zero-order valence-corrected chi connectivity index (χ0v) is 13.1. The SMILES string of the molecule is O=C(/C=C/c1ccc(CNCc2cc3ccccc3[nH]2)cc1)NO. The molecule has 0 atom stereocenters. The number of H-pyrrole nitrogens is 1. The molecule has 0 bridgehead atoms. The van der Waals surface area contributed by atoms with Crippen molar-refractivity contribution in [2.24, 2.45) is 0 Å². The van der Waals surface area contributed by atoms with E-state index in [0.29, 0.717) is 0 Å². The molecule has 0 unspecified atom stereocenters. The van der Waals surface area contributed by atoms with Crippen LogP contribution in [0, 0.1) is 0 Å². The molecule has 1 heterocycles. The van der Waals surface area contributed by atoms with Crippen molar-refractivity contribution in [3.63, 3.8) is 0 Å². The van der Waals surface area contributed by atoms with Crippen molar-refractivity contribution in [1.82, 2.24) is 15.8 Å². The van der Waals surface area contributed by atoms with Gasteiger partial charge in [0.1, 0.15) is 0 Å². The summed E-state index contributed by atoms with van der Waals surface area (Å²) in [5.74, 6) is -0.543. The molecule has 122 valence electrons. The standard InChI is InChI=1S/C19H19N3O2/c23-19(22-24)10-9-14-5-7-15(8-6-14)12-20-13-17-11-16-3-1-2-4-18(16)21-17/h1-11,20-21,24H,12-13H2,(H,22,23)/b10-9+. The summed E-state index contributed by atoms with van der Waals surface area (Å²) in [5, 5.41) is 13.1. The lowest BCUT2D eigenvalue weighted by molar-refractivity contribution is -0.124. The molecule has 2 aromatic carbocycles. The highest BCUT2D eigenvalue weighted by Gasteiger charge is 2.00. The van der Waals surface area contributed by atoms with Crippen molar-refractivity contribution in [3.8, 4) is 0 Å². The number of hydroxylamine groups is 1. The highest BCUT2D eigenvalue weighted by Crippen LogP contribution is 2.14. The van der Waals surface area contributed by atoms with E-state index in [9.17, 15) is 4.79 Å². The van der Waals surface area contributed by atoms with E-state index in [2.05, 4.69) is 28.5 Å². The first-order chi connectivity index (χ1) is 11.7. The van der Waals surface area contributed by atoms with Crippen LogP contribution in [-0.2, 0) is 17.9 Å². The Morgan fingerprint density at radius 2 is 1.88 bits per heavy atom. The lowest BCUT2D eigenvalue weighted by Gasteiger charge is -2.04. The average Bonchev–Trinajstić information content (AvgIpc) is 3.03. The molecule has 5 heteroatoms. The van der Waals surface area contributed by atoms with Crippen molar-refractivity contribution >= 4 is 22.9 Å². The number of hydrogen-bond donors (Lipinski definition) is 4. The van der Waals surface area contributed by atoms with Crippen molar-refractivity contribution in [2.45, 2.75) is 13.1 Å². The van der Waals surface area contributed by atoms with Crippen molar-refractivity contribution in [1.29, 1.82) is 0 Å². The number of rotatable bonds is 6.